The number of hydrogen-bond acceptors (Lipinski definition) is 4. The fourth-order valence-corrected chi connectivity index (χ4v) is 4.37. The number of benzene rings is 2. The highest BCUT2D eigenvalue weighted by atomic mass is 35.5. The number of halogens is 1. The number of rotatable bonds is 7. The van der Waals surface area contributed by atoms with Crippen LogP contribution in [0.15, 0.2) is 42.5 Å². The molecule has 2 aliphatic rings. The van der Waals surface area contributed by atoms with E-state index in [9.17, 15) is 9.59 Å². The zero-order chi connectivity index (χ0) is 22.0. The van der Waals surface area contributed by atoms with E-state index >= 15 is 0 Å². The molecular formula is C24H27ClN2O4. The Balaban J connectivity index is 1.61. The van der Waals surface area contributed by atoms with E-state index in [0.717, 1.165) is 5.56 Å². The number of ether oxygens (including phenoxy) is 2. The monoisotopic (exact) mass is 442 g/mol. The van der Waals surface area contributed by atoms with E-state index in [0.29, 0.717) is 47.6 Å². The van der Waals surface area contributed by atoms with Crippen molar-refractivity contribution < 1.29 is 19.1 Å². The quantitative estimate of drug-likeness (QED) is 0.709. The molecule has 1 N–H and O–H groups in total. The third kappa shape index (κ3) is 4.79. The van der Waals surface area contributed by atoms with Crippen LogP contribution in [0.3, 0.4) is 0 Å². The first-order chi connectivity index (χ1) is 15.0. The maximum atomic E-state index is 13.2. The molecule has 0 spiro atoms. The van der Waals surface area contributed by atoms with Crippen molar-refractivity contribution in [3.8, 4) is 11.5 Å². The van der Waals surface area contributed by atoms with Gasteiger partial charge in [0, 0.05) is 47.8 Å². The molecule has 2 amide bonds. The molecule has 6 nitrogen and oxygen atoms in total. The molecule has 1 saturated heterocycles. The second-order valence-corrected chi connectivity index (χ2v) is 8.67. The minimum atomic E-state index is -0.357. The van der Waals surface area contributed by atoms with Gasteiger partial charge in [0.25, 0.3) is 5.91 Å². The topological polar surface area (TPSA) is 67.9 Å². The fraction of sp³-hybridized carbons (Fsp3) is 0.417. The van der Waals surface area contributed by atoms with Crippen LogP contribution in [-0.2, 0) is 4.79 Å². The van der Waals surface area contributed by atoms with Gasteiger partial charge < -0.3 is 19.7 Å². The number of hydrogen-bond donors (Lipinski definition) is 1. The summed E-state index contributed by atoms with van der Waals surface area (Å²) in [4.78, 5) is 28.0. The third-order valence-corrected chi connectivity index (χ3v) is 6.35. The van der Waals surface area contributed by atoms with Crippen molar-refractivity contribution in [3.05, 3.63) is 58.6 Å². The fourth-order valence-electron chi connectivity index (χ4n) is 4.18. The molecule has 0 bridgehead atoms. The van der Waals surface area contributed by atoms with Gasteiger partial charge in [0.2, 0.25) is 5.91 Å². The molecule has 164 valence electrons. The van der Waals surface area contributed by atoms with Gasteiger partial charge in [-0.25, -0.2) is 0 Å². The average Bonchev–Trinajstić information content (AvgIpc) is 3.52. The Hall–Kier alpha value is -2.73. The maximum Gasteiger partial charge on any atom is 0.253 e. The van der Waals surface area contributed by atoms with E-state index < -0.39 is 0 Å². The summed E-state index contributed by atoms with van der Waals surface area (Å²) >= 11 is 6.08. The molecule has 2 unspecified atom stereocenters. The summed E-state index contributed by atoms with van der Waals surface area (Å²) in [5.74, 6) is 1.24. The molecular weight excluding hydrogens is 416 g/mol. The Morgan fingerprint density at radius 3 is 2.58 bits per heavy atom. The van der Waals surface area contributed by atoms with E-state index in [1.807, 2.05) is 18.2 Å². The second kappa shape index (κ2) is 9.18. The summed E-state index contributed by atoms with van der Waals surface area (Å²) in [5, 5.41) is 3.60. The first-order valence-corrected chi connectivity index (χ1v) is 10.9. The molecule has 2 fully saturated rings. The van der Waals surface area contributed by atoms with Crippen molar-refractivity contribution in [2.24, 2.45) is 11.8 Å². The van der Waals surface area contributed by atoms with Gasteiger partial charge in [0.1, 0.15) is 11.5 Å². The predicted octanol–water partition coefficient (Wildman–Crippen LogP) is 3.74. The van der Waals surface area contributed by atoms with Gasteiger partial charge in [-0.1, -0.05) is 23.7 Å². The molecule has 2 aromatic carbocycles. The number of likely N-dealkylation sites (tertiary alicyclic amines) is 1. The number of methoxy groups -OCH3 is 2. The minimum Gasteiger partial charge on any atom is -0.497 e. The van der Waals surface area contributed by atoms with E-state index in [1.54, 1.807) is 43.4 Å². The standard InChI is InChI=1S/C24H27ClN2O4/c1-30-18-8-9-19(22(11-18)31-2)20-13-27(24(29)16-4-3-5-17(25)10-16)14-21(20)23(28)26-12-15-6-7-15/h3-5,8-11,15,20-21H,6-7,12-14H2,1-2H3,(H,26,28). The summed E-state index contributed by atoms with van der Waals surface area (Å²) < 4.78 is 10.9. The lowest BCUT2D eigenvalue weighted by Crippen LogP contribution is -2.36. The minimum absolute atomic E-state index is 0.0174. The average molecular weight is 443 g/mol. The van der Waals surface area contributed by atoms with Crippen molar-refractivity contribution in [2.75, 3.05) is 33.9 Å². The lowest BCUT2D eigenvalue weighted by atomic mass is 9.87. The van der Waals surface area contributed by atoms with Crippen LogP contribution in [0.2, 0.25) is 5.02 Å². The van der Waals surface area contributed by atoms with Crippen molar-refractivity contribution in [1.29, 1.82) is 0 Å². The smallest absolute Gasteiger partial charge is 0.253 e. The van der Waals surface area contributed by atoms with Gasteiger partial charge in [-0.2, -0.15) is 0 Å². The van der Waals surface area contributed by atoms with E-state index in [1.165, 1.54) is 12.8 Å². The van der Waals surface area contributed by atoms with E-state index in [2.05, 4.69) is 5.32 Å². The summed E-state index contributed by atoms with van der Waals surface area (Å²) in [6, 6.07) is 12.5. The maximum absolute atomic E-state index is 13.2. The van der Waals surface area contributed by atoms with Crippen molar-refractivity contribution >= 4 is 23.4 Å². The molecule has 31 heavy (non-hydrogen) atoms. The number of carbonyl (C=O) groups is 2. The Labute approximate surface area is 187 Å². The highest BCUT2D eigenvalue weighted by Crippen LogP contribution is 2.40. The molecule has 2 aromatic rings. The SMILES string of the molecule is COc1ccc(C2CN(C(=O)c3cccc(Cl)c3)CC2C(=O)NCC2CC2)c(OC)c1. The van der Waals surface area contributed by atoms with Gasteiger partial charge >= 0.3 is 0 Å². The zero-order valence-electron chi connectivity index (χ0n) is 17.8. The molecule has 0 radical (unpaired) electrons. The lowest BCUT2D eigenvalue weighted by molar-refractivity contribution is -0.125. The number of nitrogens with one attached hydrogen (secondary N) is 1. The summed E-state index contributed by atoms with van der Waals surface area (Å²) in [6.45, 7) is 1.47. The van der Waals surface area contributed by atoms with Gasteiger partial charge in [-0.3, -0.25) is 9.59 Å². The van der Waals surface area contributed by atoms with Crippen LogP contribution in [0.4, 0.5) is 0 Å². The van der Waals surface area contributed by atoms with Crippen LogP contribution in [0.25, 0.3) is 0 Å². The summed E-state index contributed by atoms with van der Waals surface area (Å²) in [6.07, 6.45) is 2.33. The Bertz CT molecular complexity index is 976. The normalized spacial score (nSPS) is 20.4. The molecule has 1 saturated carbocycles. The van der Waals surface area contributed by atoms with E-state index in [-0.39, 0.29) is 23.7 Å². The zero-order valence-corrected chi connectivity index (χ0v) is 18.5. The van der Waals surface area contributed by atoms with Crippen LogP contribution >= 0.6 is 11.6 Å². The number of carbonyl (C=O) groups excluding carboxylic acids is 2. The van der Waals surface area contributed by atoms with Crippen molar-refractivity contribution in [2.45, 2.75) is 18.8 Å². The Morgan fingerprint density at radius 1 is 1.10 bits per heavy atom. The molecule has 2 atom stereocenters. The first-order valence-electron chi connectivity index (χ1n) is 10.5. The van der Waals surface area contributed by atoms with Crippen LogP contribution in [0.1, 0.15) is 34.7 Å². The van der Waals surface area contributed by atoms with Gasteiger partial charge in [-0.05, 0) is 43.0 Å². The molecule has 7 heteroatoms. The highest BCUT2D eigenvalue weighted by Gasteiger charge is 2.42. The van der Waals surface area contributed by atoms with Crippen LogP contribution in [0, 0.1) is 11.8 Å². The van der Waals surface area contributed by atoms with Gasteiger partial charge in [0.15, 0.2) is 0 Å². The van der Waals surface area contributed by atoms with Gasteiger partial charge in [0.05, 0.1) is 20.1 Å². The third-order valence-electron chi connectivity index (χ3n) is 6.12. The lowest BCUT2D eigenvalue weighted by Gasteiger charge is -2.21. The first kappa shape index (κ1) is 21.5. The molecule has 0 aromatic heterocycles. The molecule has 4 rings (SSSR count). The largest absolute Gasteiger partial charge is 0.497 e. The van der Waals surface area contributed by atoms with Gasteiger partial charge in [-0.15, -0.1) is 0 Å². The van der Waals surface area contributed by atoms with Crippen molar-refractivity contribution in [3.63, 3.8) is 0 Å². The van der Waals surface area contributed by atoms with E-state index in [4.69, 9.17) is 21.1 Å². The predicted molar refractivity (Wildman–Crippen MR) is 119 cm³/mol. The second-order valence-electron chi connectivity index (χ2n) is 8.23. The summed E-state index contributed by atoms with van der Waals surface area (Å²) in [5.41, 5.74) is 1.42. The van der Waals surface area contributed by atoms with Crippen LogP contribution in [-0.4, -0.2) is 50.6 Å². The van der Waals surface area contributed by atoms with Crippen LogP contribution < -0.4 is 14.8 Å². The summed E-state index contributed by atoms with van der Waals surface area (Å²) in [7, 11) is 3.20. The van der Waals surface area contributed by atoms with Crippen molar-refractivity contribution in [1.82, 2.24) is 10.2 Å². The number of nitrogens with zero attached hydrogens (tertiary/aromatic N) is 1. The molecule has 1 aliphatic carbocycles. The Morgan fingerprint density at radius 2 is 1.90 bits per heavy atom. The van der Waals surface area contributed by atoms with Crippen LogP contribution in [0.5, 0.6) is 11.5 Å². The molecule has 1 aliphatic heterocycles. The highest BCUT2D eigenvalue weighted by molar-refractivity contribution is 6.30. The number of amides is 2. The molecule has 1 heterocycles. The Kier molecular flexibility index (Phi) is 6.37.